The van der Waals surface area contributed by atoms with E-state index in [2.05, 4.69) is 60.0 Å². The Morgan fingerprint density at radius 3 is 2.20 bits per heavy atom. The van der Waals surface area contributed by atoms with Gasteiger partial charge in [-0.15, -0.1) is 0 Å². The van der Waals surface area contributed by atoms with E-state index in [4.69, 9.17) is 13.9 Å². The minimum absolute atomic E-state index is 0.0142. The van der Waals surface area contributed by atoms with Crippen LogP contribution in [0.4, 0.5) is 10.5 Å². The lowest BCUT2D eigenvalue weighted by molar-refractivity contribution is 0.0750. The first-order chi connectivity index (χ1) is 16.4. The van der Waals surface area contributed by atoms with Gasteiger partial charge in [-0.25, -0.2) is 4.79 Å². The number of carbonyl (C=O) groups is 2. The Bertz CT molecular complexity index is 935. The molecular weight excluding hydrogens is 460 g/mol. The lowest BCUT2D eigenvalue weighted by Gasteiger charge is -2.42. The van der Waals surface area contributed by atoms with Crippen molar-refractivity contribution in [2.75, 3.05) is 25.6 Å². The zero-order valence-corrected chi connectivity index (χ0v) is 23.6. The second kappa shape index (κ2) is 11.8. The zero-order valence-electron chi connectivity index (χ0n) is 22.6. The van der Waals surface area contributed by atoms with Crippen molar-refractivity contribution in [3.05, 3.63) is 42.5 Å². The first-order valence-electron chi connectivity index (χ1n) is 12.3. The SMILES string of the molecule is C=CCOC(=O)Nc1cc(O[Si](C(C)C)(C(C)C)C(C)C)c(OC)cc1C(=O)N1CC(=C)C[C@H]1C. The molecule has 0 bridgehead atoms. The Labute approximate surface area is 211 Å². The molecule has 0 unspecified atom stereocenters. The molecule has 1 fully saturated rings. The highest BCUT2D eigenvalue weighted by molar-refractivity contribution is 6.78. The van der Waals surface area contributed by atoms with Crippen LogP contribution in [0.5, 0.6) is 11.5 Å². The number of nitrogens with one attached hydrogen (secondary N) is 1. The second-order valence-electron chi connectivity index (χ2n) is 10.2. The highest BCUT2D eigenvalue weighted by Crippen LogP contribution is 2.46. The van der Waals surface area contributed by atoms with Crippen LogP contribution in [0.15, 0.2) is 36.9 Å². The van der Waals surface area contributed by atoms with Crippen LogP contribution in [0.3, 0.4) is 0 Å². The van der Waals surface area contributed by atoms with Crippen molar-refractivity contribution in [3.8, 4) is 11.5 Å². The molecule has 1 aromatic carbocycles. The van der Waals surface area contributed by atoms with Gasteiger partial charge in [0.05, 0.1) is 18.4 Å². The van der Waals surface area contributed by atoms with Crippen LogP contribution in [0, 0.1) is 0 Å². The number of likely N-dealkylation sites (tertiary alicyclic amines) is 1. The van der Waals surface area contributed by atoms with Crippen molar-refractivity contribution in [3.63, 3.8) is 0 Å². The molecule has 0 saturated carbocycles. The van der Waals surface area contributed by atoms with Crippen molar-refractivity contribution >= 4 is 26.0 Å². The summed E-state index contributed by atoms with van der Waals surface area (Å²) in [6, 6.07) is 3.38. The lowest BCUT2D eigenvalue weighted by atomic mass is 10.1. The Morgan fingerprint density at radius 1 is 1.14 bits per heavy atom. The molecule has 1 N–H and O–H groups in total. The Balaban J connectivity index is 2.63. The summed E-state index contributed by atoms with van der Waals surface area (Å²) in [4.78, 5) is 27.8. The number of nitrogens with zero attached hydrogens (tertiary/aromatic N) is 1. The van der Waals surface area contributed by atoms with E-state index in [0.29, 0.717) is 45.9 Å². The fourth-order valence-electron chi connectivity index (χ4n) is 5.32. The molecule has 0 radical (unpaired) electrons. The van der Waals surface area contributed by atoms with E-state index >= 15 is 0 Å². The van der Waals surface area contributed by atoms with Gasteiger partial charge in [0.2, 0.25) is 0 Å². The highest BCUT2D eigenvalue weighted by atomic mass is 28.4. The maximum absolute atomic E-state index is 13.6. The molecule has 0 aromatic heterocycles. The summed E-state index contributed by atoms with van der Waals surface area (Å²) in [5.74, 6) is 0.771. The summed E-state index contributed by atoms with van der Waals surface area (Å²) in [5.41, 5.74) is 2.64. The average molecular weight is 503 g/mol. The third-order valence-electron chi connectivity index (χ3n) is 6.87. The predicted molar refractivity (Wildman–Crippen MR) is 144 cm³/mol. The minimum atomic E-state index is -2.33. The van der Waals surface area contributed by atoms with Gasteiger partial charge in [-0.2, -0.15) is 0 Å². The fraction of sp³-hybridized carbons (Fsp3) is 0.556. The van der Waals surface area contributed by atoms with E-state index in [0.717, 1.165) is 12.0 Å². The standard InChI is InChI=1S/C27H42N2O5Si/c1-11-12-33-27(31)28-23-15-25(34-35(17(2)3,18(4)5)19(6)7)24(32-10)14-22(23)26(30)29-16-20(8)13-21(29)9/h11,14-15,17-19,21H,1,8,12-13,16H2,2-7,9-10H3,(H,28,31)/t21-/m1/s1. The minimum Gasteiger partial charge on any atom is -0.540 e. The molecule has 7 nitrogen and oxygen atoms in total. The summed E-state index contributed by atoms with van der Waals surface area (Å²) in [5, 5.41) is 2.74. The number of ether oxygens (including phenoxy) is 2. The largest absolute Gasteiger partial charge is 0.540 e. The maximum atomic E-state index is 13.6. The molecule has 2 rings (SSSR count). The summed E-state index contributed by atoms with van der Waals surface area (Å²) in [6.07, 6.45) is 1.56. The quantitative estimate of drug-likeness (QED) is 0.282. The van der Waals surface area contributed by atoms with Gasteiger partial charge in [-0.3, -0.25) is 10.1 Å². The van der Waals surface area contributed by atoms with Gasteiger partial charge >= 0.3 is 6.09 Å². The van der Waals surface area contributed by atoms with E-state index in [1.54, 1.807) is 24.1 Å². The monoisotopic (exact) mass is 502 g/mol. The molecular formula is C27H42N2O5Si. The number of benzene rings is 1. The van der Waals surface area contributed by atoms with Gasteiger partial charge in [-0.05, 0) is 36.0 Å². The van der Waals surface area contributed by atoms with E-state index in [1.165, 1.54) is 6.08 Å². The van der Waals surface area contributed by atoms with Gasteiger partial charge in [-0.1, -0.05) is 66.3 Å². The molecule has 1 atom stereocenters. The number of rotatable bonds is 10. The zero-order chi connectivity index (χ0) is 26.5. The van der Waals surface area contributed by atoms with Crippen molar-refractivity contribution < 1.29 is 23.5 Å². The fourth-order valence-corrected chi connectivity index (χ4v) is 10.6. The van der Waals surface area contributed by atoms with Gasteiger partial charge in [0.15, 0.2) is 5.75 Å². The molecule has 8 heteroatoms. The highest BCUT2D eigenvalue weighted by Gasteiger charge is 2.47. The molecule has 1 aromatic rings. The summed E-state index contributed by atoms with van der Waals surface area (Å²) in [6.45, 7) is 23.3. The van der Waals surface area contributed by atoms with E-state index < -0.39 is 14.4 Å². The average Bonchev–Trinajstić information content (AvgIpc) is 3.12. The molecule has 1 heterocycles. The normalized spacial score (nSPS) is 16.1. The molecule has 1 aliphatic rings. The van der Waals surface area contributed by atoms with Gasteiger partial charge in [0, 0.05) is 18.7 Å². The molecule has 1 aliphatic heterocycles. The number of amides is 2. The molecule has 35 heavy (non-hydrogen) atoms. The van der Waals surface area contributed by atoms with E-state index in [-0.39, 0.29) is 18.6 Å². The van der Waals surface area contributed by atoms with Gasteiger partial charge in [0.25, 0.3) is 14.2 Å². The van der Waals surface area contributed by atoms with Crippen LogP contribution in [0.1, 0.15) is 65.2 Å². The molecule has 2 amide bonds. The number of carbonyl (C=O) groups excluding carboxylic acids is 2. The first-order valence-corrected chi connectivity index (χ1v) is 14.5. The molecule has 0 spiro atoms. The molecule has 194 valence electrons. The molecule has 0 aliphatic carbocycles. The second-order valence-corrected chi connectivity index (χ2v) is 15.6. The van der Waals surface area contributed by atoms with E-state index in [9.17, 15) is 9.59 Å². The first kappa shape index (κ1) is 28.5. The van der Waals surface area contributed by atoms with Crippen LogP contribution < -0.4 is 14.5 Å². The van der Waals surface area contributed by atoms with Crippen molar-refractivity contribution in [1.29, 1.82) is 0 Å². The number of methoxy groups -OCH3 is 1. The summed E-state index contributed by atoms with van der Waals surface area (Å²) < 4.78 is 17.7. The number of anilines is 1. The van der Waals surface area contributed by atoms with Crippen LogP contribution in [0.25, 0.3) is 0 Å². The van der Waals surface area contributed by atoms with Crippen molar-refractivity contribution in [2.45, 2.75) is 77.6 Å². The third kappa shape index (κ3) is 6.09. The van der Waals surface area contributed by atoms with Crippen LogP contribution in [0.2, 0.25) is 16.6 Å². The van der Waals surface area contributed by atoms with Crippen LogP contribution in [-0.2, 0) is 4.74 Å². The summed E-state index contributed by atoms with van der Waals surface area (Å²) in [7, 11) is -0.773. The van der Waals surface area contributed by atoms with Gasteiger partial charge < -0.3 is 18.8 Å². The molecule has 1 saturated heterocycles. The summed E-state index contributed by atoms with van der Waals surface area (Å²) >= 11 is 0. The van der Waals surface area contributed by atoms with Crippen molar-refractivity contribution in [1.82, 2.24) is 4.90 Å². The smallest absolute Gasteiger partial charge is 0.411 e. The number of hydrogen-bond acceptors (Lipinski definition) is 5. The Morgan fingerprint density at radius 2 is 1.74 bits per heavy atom. The predicted octanol–water partition coefficient (Wildman–Crippen LogP) is 6.77. The Kier molecular flexibility index (Phi) is 9.60. The van der Waals surface area contributed by atoms with Crippen molar-refractivity contribution in [2.24, 2.45) is 0 Å². The topological polar surface area (TPSA) is 77.1 Å². The van der Waals surface area contributed by atoms with Gasteiger partial charge in [0.1, 0.15) is 12.4 Å². The van der Waals surface area contributed by atoms with Crippen LogP contribution >= 0.6 is 0 Å². The van der Waals surface area contributed by atoms with E-state index in [1.807, 2.05) is 6.92 Å². The number of hydrogen-bond donors (Lipinski definition) is 1. The third-order valence-corrected chi connectivity index (χ3v) is 12.9. The lowest BCUT2D eigenvalue weighted by Crippen LogP contribution is -2.50. The Hall–Kier alpha value is -2.74. The van der Waals surface area contributed by atoms with Crippen LogP contribution in [-0.4, -0.2) is 51.5 Å². The maximum Gasteiger partial charge on any atom is 0.411 e.